The summed E-state index contributed by atoms with van der Waals surface area (Å²) in [5.41, 5.74) is 1.71. The molecule has 0 fully saturated rings. The topological polar surface area (TPSA) is 48.7 Å². The summed E-state index contributed by atoms with van der Waals surface area (Å²) in [5, 5.41) is 0. The Morgan fingerprint density at radius 2 is 1.35 bits per heavy atom. The molecule has 4 nitrogen and oxygen atoms in total. The molecule has 0 unspecified atom stereocenters. The van der Waals surface area contributed by atoms with Crippen LogP contribution in [-0.4, -0.2) is 0 Å². The normalized spacial score (nSPS) is 10.3. The second-order valence-corrected chi connectivity index (χ2v) is 4.98. The average molecular weight is 308 g/mol. The molecule has 1 heterocycles. The first-order chi connectivity index (χ1) is 11.3. The summed E-state index contributed by atoms with van der Waals surface area (Å²) in [6.45, 7) is 0.657. The van der Waals surface area contributed by atoms with Gasteiger partial charge in [0.25, 0.3) is 5.95 Å². The Morgan fingerprint density at radius 3 is 1.91 bits per heavy atom. The van der Waals surface area contributed by atoms with Gasteiger partial charge >= 0.3 is 0 Å². The fourth-order valence-corrected chi connectivity index (χ4v) is 2.03. The molecule has 2 aromatic carbocycles. The van der Waals surface area contributed by atoms with Gasteiger partial charge in [-0.05, 0) is 11.1 Å². The van der Waals surface area contributed by atoms with Crippen LogP contribution in [0, 0.1) is 0 Å². The van der Waals surface area contributed by atoms with E-state index in [9.17, 15) is 4.79 Å². The van der Waals surface area contributed by atoms with E-state index >= 15 is 0 Å². The van der Waals surface area contributed by atoms with E-state index in [0.29, 0.717) is 13.2 Å². The van der Waals surface area contributed by atoms with E-state index in [-0.39, 0.29) is 17.1 Å². The quantitative estimate of drug-likeness (QED) is 0.695. The molecule has 116 valence electrons. The number of rotatable bonds is 6. The number of ether oxygens (including phenoxy) is 2. The van der Waals surface area contributed by atoms with Gasteiger partial charge < -0.3 is 13.9 Å². The van der Waals surface area contributed by atoms with Crippen molar-refractivity contribution in [3.05, 3.63) is 94.3 Å². The second kappa shape index (κ2) is 7.31. The summed E-state index contributed by atoms with van der Waals surface area (Å²) >= 11 is 0. The van der Waals surface area contributed by atoms with Crippen molar-refractivity contribution in [2.24, 2.45) is 0 Å². The lowest BCUT2D eigenvalue weighted by Crippen LogP contribution is -2.07. The molecule has 0 aliphatic rings. The van der Waals surface area contributed by atoms with Crippen LogP contribution in [0.3, 0.4) is 0 Å². The van der Waals surface area contributed by atoms with Crippen molar-refractivity contribution in [1.29, 1.82) is 0 Å². The van der Waals surface area contributed by atoms with Crippen LogP contribution < -0.4 is 14.9 Å². The Kier molecular flexibility index (Phi) is 4.74. The van der Waals surface area contributed by atoms with E-state index in [2.05, 4.69) is 0 Å². The van der Waals surface area contributed by atoms with Gasteiger partial charge in [-0.15, -0.1) is 0 Å². The zero-order valence-corrected chi connectivity index (χ0v) is 12.5. The maximum atomic E-state index is 12.0. The van der Waals surface area contributed by atoms with E-state index in [1.54, 1.807) is 0 Å². The van der Waals surface area contributed by atoms with Gasteiger partial charge in [-0.3, -0.25) is 4.79 Å². The highest BCUT2D eigenvalue weighted by Crippen LogP contribution is 2.15. The first-order valence-corrected chi connectivity index (χ1v) is 7.27. The van der Waals surface area contributed by atoms with Gasteiger partial charge in [0, 0.05) is 0 Å². The molecule has 0 bridgehead atoms. The van der Waals surface area contributed by atoms with E-state index in [1.807, 2.05) is 60.7 Å². The Balaban J connectivity index is 1.60. The van der Waals surface area contributed by atoms with Crippen LogP contribution in [0.2, 0.25) is 0 Å². The molecule has 23 heavy (non-hydrogen) atoms. The SMILES string of the molecule is O=c1cc(OCc2ccccc2)occ1OCc1ccccc1. The molecule has 0 saturated carbocycles. The van der Waals surface area contributed by atoms with Crippen molar-refractivity contribution in [2.45, 2.75) is 13.2 Å². The molecule has 0 amide bonds. The predicted octanol–water partition coefficient (Wildman–Crippen LogP) is 3.80. The lowest BCUT2D eigenvalue weighted by molar-refractivity contribution is 0.217. The highest BCUT2D eigenvalue weighted by molar-refractivity contribution is 5.22. The molecule has 1 aromatic heterocycles. The predicted molar refractivity (Wildman–Crippen MR) is 86.5 cm³/mol. The third-order valence-corrected chi connectivity index (χ3v) is 3.23. The van der Waals surface area contributed by atoms with Gasteiger partial charge in [-0.2, -0.15) is 0 Å². The monoisotopic (exact) mass is 308 g/mol. The van der Waals surface area contributed by atoms with Gasteiger partial charge in [0.15, 0.2) is 0 Å². The number of hydrogen-bond donors (Lipinski definition) is 0. The zero-order chi connectivity index (χ0) is 15.9. The van der Waals surface area contributed by atoms with E-state index < -0.39 is 0 Å². The smallest absolute Gasteiger partial charge is 0.288 e. The summed E-state index contributed by atoms with van der Waals surface area (Å²) in [6.07, 6.45) is 1.28. The van der Waals surface area contributed by atoms with Crippen molar-refractivity contribution >= 4 is 0 Å². The third kappa shape index (κ3) is 4.23. The van der Waals surface area contributed by atoms with E-state index in [0.717, 1.165) is 11.1 Å². The van der Waals surface area contributed by atoms with Crippen molar-refractivity contribution in [3.8, 4) is 11.7 Å². The summed E-state index contributed by atoms with van der Waals surface area (Å²) < 4.78 is 16.2. The Labute approximate surface area is 133 Å². The number of hydrogen-bond acceptors (Lipinski definition) is 4. The maximum absolute atomic E-state index is 12.0. The summed E-state index contributed by atoms with van der Waals surface area (Å²) in [4.78, 5) is 12.0. The second-order valence-electron chi connectivity index (χ2n) is 4.98. The molecule has 0 radical (unpaired) electrons. The summed E-state index contributed by atoms with van der Waals surface area (Å²) in [6, 6.07) is 20.6. The van der Waals surface area contributed by atoms with Crippen molar-refractivity contribution < 1.29 is 13.9 Å². The molecule has 3 rings (SSSR count). The fourth-order valence-electron chi connectivity index (χ4n) is 2.03. The molecule has 0 aliphatic heterocycles. The van der Waals surface area contributed by atoms with Crippen molar-refractivity contribution in [3.63, 3.8) is 0 Å². The van der Waals surface area contributed by atoms with Gasteiger partial charge in [0.05, 0.1) is 6.07 Å². The molecule has 3 aromatic rings. The molecule has 0 aliphatic carbocycles. The minimum Gasteiger partial charge on any atom is -0.482 e. The van der Waals surface area contributed by atoms with Gasteiger partial charge in [-0.1, -0.05) is 60.7 Å². The molecular weight excluding hydrogens is 292 g/mol. The standard InChI is InChI=1S/C19H16O4/c20-17-11-19(22-13-16-9-5-2-6-10-16)23-14-18(17)21-12-15-7-3-1-4-8-15/h1-11,14H,12-13H2. The Hall–Kier alpha value is -3.01. The molecular formula is C19H16O4. The van der Waals surface area contributed by atoms with E-state index in [4.69, 9.17) is 13.9 Å². The van der Waals surface area contributed by atoms with Crippen LogP contribution in [0.25, 0.3) is 0 Å². The van der Waals surface area contributed by atoms with E-state index in [1.165, 1.54) is 12.3 Å². The average Bonchev–Trinajstić information content (AvgIpc) is 2.61. The Morgan fingerprint density at radius 1 is 0.783 bits per heavy atom. The van der Waals surface area contributed by atoms with Gasteiger partial charge in [0.1, 0.15) is 19.5 Å². The van der Waals surface area contributed by atoms with Crippen LogP contribution >= 0.6 is 0 Å². The molecule has 0 spiro atoms. The lowest BCUT2D eigenvalue weighted by atomic mass is 10.2. The third-order valence-electron chi connectivity index (χ3n) is 3.23. The summed E-state index contributed by atoms with van der Waals surface area (Å²) in [5.74, 6) is 0.340. The summed E-state index contributed by atoms with van der Waals surface area (Å²) in [7, 11) is 0. The van der Waals surface area contributed by atoms with Crippen molar-refractivity contribution in [1.82, 2.24) is 0 Å². The van der Waals surface area contributed by atoms with Crippen LogP contribution in [0.4, 0.5) is 0 Å². The van der Waals surface area contributed by atoms with Gasteiger partial charge in [0.2, 0.25) is 11.2 Å². The molecule has 0 atom stereocenters. The minimum atomic E-state index is -0.268. The fraction of sp³-hybridized carbons (Fsp3) is 0.105. The number of benzene rings is 2. The van der Waals surface area contributed by atoms with Crippen LogP contribution in [0.5, 0.6) is 11.7 Å². The largest absolute Gasteiger partial charge is 0.482 e. The van der Waals surface area contributed by atoms with Gasteiger partial charge in [-0.25, -0.2) is 0 Å². The molecule has 4 heteroatoms. The van der Waals surface area contributed by atoms with Crippen LogP contribution in [0.15, 0.2) is 82.2 Å². The lowest BCUT2D eigenvalue weighted by Gasteiger charge is -2.07. The highest BCUT2D eigenvalue weighted by atomic mass is 16.6. The van der Waals surface area contributed by atoms with Crippen molar-refractivity contribution in [2.75, 3.05) is 0 Å². The zero-order valence-electron chi connectivity index (χ0n) is 12.5. The molecule has 0 N–H and O–H groups in total. The first-order valence-electron chi connectivity index (χ1n) is 7.27. The Bertz CT molecular complexity index is 794. The van der Waals surface area contributed by atoms with Crippen LogP contribution in [0.1, 0.15) is 11.1 Å². The minimum absolute atomic E-state index is 0.168. The first kappa shape index (κ1) is 14.9. The highest BCUT2D eigenvalue weighted by Gasteiger charge is 2.06. The molecule has 0 saturated heterocycles. The maximum Gasteiger partial charge on any atom is 0.288 e. The van der Waals surface area contributed by atoms with Crippen LogP contribution in [-0.2, 0) is 13.2 Å².